The van der Waals surface area contributed by atoms with Crippen LogP contribution < -0.4 is 14.9 Å². The van der Waals surface area contributed by atoms with Crippen LogP contribution in [0.3, 0.4) is 0 Å². The Hall–Kier alpha value is -2.84. The van der Waals surface area contributed by atoms with Crippen LogP contribution in [0, 0.1) is 0 Å². The molecule has 1 aliphatic heterocycles. The molecule has 3 rings (SSSR count). The average Bonchev–Trinajstić information content (AvgIpc) is 2.74. The molecule has 174 valence electrons. The van der Waals surface area contributed by atoms with Gasteiger partial charge < -0.3 is 28.6 Å². The Morgan fingerprint density at radius 1 is 1.19 bits per heavy atom. The Labute approximate surface area is 187 Å². The maximum absolute atomic E-state index is 12.8. The fourth-order valence-corrected chi connectivity index (χ4v) is 3.95. The first-order valence-corrected chi connectivity index (χ1v) is 10.7. The van der Waals surface area contributed by atoms with E-state index in [4.69, 9.17) is 18.9 Å². The molecule has 0 saturated carbocycles. The number of rotatable bonds is 9. The standard InChI is InChI=1S/C24H31NO7/c1-6-31-23(27)17-14-25-18(13-19(17)26)16-12-20(30-5)21(32-9-7-8-29-4)10-15(16)11-22(25)24(2,3)28/h10,12-14,22,28H,6-9,11H2,1-5H3. The van der Waals surface area contributed by atoms with Crippen molar-refractivity contribution in [1.82, 2.24) is 4.57 Å². The molecule has 8 nitrogen and oxygen atoms in total. The molecule has 0 radical (unpaired) electrons. The zero-order valence-corrected chi connectivity index (χ0v) is 19.3. The molecule has 32 heavy (non-hydrogen) atoms. The van der Waals surface area contributed by atoms with Crippen LogP contribution in [0.5, 0.6) is 11.5 Å². The Morgan fingerprint density at radius 3 is 2.56 bits per heavy atom. The van der Waals surface area contributed by atoms with Crippen LogP contribution in [0.15, 0.2) is 29.2 Å². The second kappa shape index (κ2) is 9.75. The van der Waals surface area contributed by atoms with Gasteiger partial charge in [-0.25, -0.2) is 4.79 Å². The molecule has 0 fully saturated rings. The maximum Gasteiger partial charge on any atom is 0.343 e. The van der Waals surface area contributed by atoms with Crippen LogP contribution in [0.2, 0.25) is 0 Å². The molecule has 8 heteroatoms. The van der Waals surface area contributed by atoms with E-state index in [0.29, 0.717) is 36.8 Å². The monoisotopic (exact) mass is 445 g/mol. The van der Waals surface area contributed by atoms with Crippen LogP contribution in [-0.2, 0) is 15.9 Å². The van der Waals surface area contributed by atoms with Gasteiger partial charge in [-0.3, -0.25) is 4.79 Å². The van der Waals surface area contributed by atoms with Crippen molar-refractivity contribution in [3.63, 3.8) is 0 Å². The van der Waals surface area contributed by atoms with Crippen molar-refractivity contribution in [2.75, 3.05) is 34.0 Å². The third kappa shape index (κ3) is 4.81. The third-order valence-electron chi connectivity index (χ3n) is 5.56. The van der Waals surface area contributed by atoms with E-state index in [1.807, 2.05) is 12.1 Å². The number of hydrogen-bond donors (Lipinski definition) is 1. The summed E-state index contributed by atoms with van der Waals surface area (Å²) in [5.41, 5.74) is 0.698. The van der Waals surface area contributed by atoms with E-state index in [1.165, 1.54) is 12.3 Å². The minimum atomic E-state index is -1.12. The molecule has 0 amide bonds. The summed E-state index contributed by atoms with van der Waals surface area (Å²) in [7, 11) is 3.20. The van der Waals surface area contributed by atoms with Crippen molar-refractivity contribution in [2.24, 2.45) is 0 Å². The molecular formula is C24H31NO7. The fraction of sp³-hybridized carbons (Fsp3) is 0.500. The Balaban J connectivity index is 2.13. The van der Waals surface area contributed by atoms with E-state index in [0.717, 1.165) is 17.5 Å². The van der Waals surface area contributed by atoms with Gasteiger partial charge in [-0.2, -0.15) is 0 Å². The predicted octanol–water partition coefficient (Wildman–Crippen LogP) is 2.98. The first-order chi connectivity index (χ1) is 15.2. The molecule has 2 aromatic rings. The number of benzene rings is 1. The van der Waals surface area contributed by atoms with Crippen LogP contribution in [0.25, 0.3) is 11.3 Å². The minimum absolute atomic E-state index is 0.0571. The SMILES string of the molecule is CCOC(=O)c1cn2c(cc1=O)-c1cc(OC)c(OCCCOC)cc1CC2C(C)(C)O. The molecule has 0 bridgehead atoms. The van der Waals surface area contributed by atoms with Gasteiger partial charge >= 0.3 is 5.97 Å². The molecule has 1 aromatic carbocycles. The number of carbonyl (C=O) groups is 1. The molecule has 0 spiro atoms. The maximum atomic E-state index is 12.8. The second-order valence-electron chi connectivity index (χ2n) is 8.29. The number of pyridine rings is 1. The van der Waals surface area contributed by atoms with Crippen LogP contribution in [0.1, 0.15) is 49.2 Å². The molecule has 1 aliphatic rings. The van der Waals surface area contributed by atoms with Crippen molar-refractivity contribution >= 4 is 5.97 Å². The Bertz CT molecular complexity index is 1040. The lowest BCUT2D eigenvalue weighted by Crippen LogP contribution is -2.38. The topological polar surface area (TPSA) is 96.2 Å². The lowest BCUT2D eigenvalue weighted by atomic mass is 9.85. The molecule has 1 atom stereocenters. The fourth-order valence-electron chi connectivity index (χ4n) is 3.95. The number of methoxy groups -OCH3 is 2. The predicted molar refractivity (Wildman–Crippen MR) is 120 cm³/mol. The van der Waals surface area contributed by atoms with Gasteiger partial charge in [0.05, 0.1) is 37.7 Å². The van der Waals surface area contributed by atoms with Crippen molar-refractivity contribution in [2.45, 2.75) is 45.3 Å². The van der Waals surface area contributed by atoms with E-state index in [9.17, 15) is 14.7 Å². The minimum Gasteiger partial charge on any atom is -0.493 e. The van der Waals surface area contributed by atoms with E-state index in [-0.39, 0.29) is 12.2 Å². The van der Waals surface area contributed by atoms with Crippen LogP contribution in [0.4, 0.5) is 0 Å². The number of fused-ring (bicyclic) bond motifs is 3. The number of carbonyl (C=O) groups excluding carboxylic acids is 1. The van der Waals surface area contributed by atoms with Crippen molar-refractivity contribution in [3.8, 4) is 22.8 Å². The molecular weight excluding hydrogens is 414 g/mol. The van der Waals surface area contributed by atoms with E-state index < -0.39 is 23.0 Å². The van der Waals surface area contributed by atoms with Gasteiger partial charge in [0.2, 0.25) is 0 Å². The lowest BCUT2D eigenvalue weighted by molar-refractivity contribution is 0.0218. The van der Waals surface area contributed by atoms with Gasteiger partial charge in [-0.05, 0) is 44.9 Å². The van der Waals surface area contributed by atoms with Gasteiger partial charge in [-0.1, -0.05) is 0 Å². The number of esters is 1. The summed E-state index contributed by atoms with van der Waals surface area (Å²) in [6, 6.07) is 4.74. The van der Waals surface area contributed by atoms with Crippen molar-refractivity contribution in [3.05, 3.63) is 45.7 Å². The molecule has 1 N–H and O–H groups in total. The number of hydrogen-bond acceptors (Lipinski definition) is 7. The molecule has 1 unspecified atom stereocenters. The van der Waals surface area contributed by atoms with Gasteiger partial charge in [0.1, 0.15) is 5.56 Å². The largest absolute Gasteiger partial charge is 0.493 e. The van der Waals surface area contributed by atoms with E-state index >= 15 is 0 Å². The highest BCUT2D eigenvalue weighted by molar-refractivity contribution is 5.89. The molecule has 2 heterocycles. The first kappa shape index (κ1) is 23.8. The summed E-state index contributed by atoms with van der Waals surface area (Å²) in [6.07, 6.45) is 2.70. The summed E-state index contributed by atoms with van der Waals surface area (Å²) in [5, 5.41) is 10.9. The van der Waals surface area contributed by atoms with Crippen LogP contribution >= 0.6 is 0 Å². The lowest BCUT2D eigenvalue weighted by Gasteiger charge is -2.38. The van der Waals surface area contributed by atoms with Gasteiger partial charge in [-0.15, -0.1) is 0 Å². The summed E-state index contributed by atoms with van der Waals surface area (Å²) in [5.74, 6) is 0.456. The number of aromatic nitrogens is 1. The zero-order valence-electron chi connectivity index (χ0n) is 19.3. The summed E-state index contributed by atoms with van der Waals surface area (Å²) in [4.78, 5) is 25.1. The highest BCUT2D eigenvalue weighted by Gasteiger charge is 2.35. The number of aliphatic hydroxyl groups is 1. The summed E-state index contributed by atoms with van der Waals surface area (Å²) in [6.45, 7) is 6.33. The molecule has 0 aliphatic carbocycles. The van der Waals surface area contributed by atoms with E-state index in [2.05, 4.69) is 0 Å². The van der Waals surface area contributed by atoms with Crippen LogP contribution in [-0.4, -0.2) is 55.3 Å². The van der Waals surface area contributed by atoms with Crippen molar-refractivity contribution < 1.29 is 28.8 Å². The van der Waals surface area contributed by atoms with Crippen molar-refractivity contribution in [1.29, 1.82) is 0 Å². The summed E-state index contributed by atoms with van der Waals surface area (Å²) < 4.78 is 23.3. The Kier molecular flexibility index (Phi) is 7.26. The highest BCUT2D eigenvalue weighted by atomic mass is 16.5. The molecule has 0 saturated heterocycles. The third-order valence-corrected chi connectivity index (χ3v) is 5.56. The molecule has 1 aromatic heterocycles. The normalized spacial score (nSPS) is 15.0. The Morgan fingerprint density at radius 2 is 1.94 bits per heavy atom. The smallest absolute Gasteiger partial charge is 0.343 e. The second-order valence-corrected chi connectivity index (χ2v) is 8.29. The zero-order chi connectivity index (χ0) is 23.5. The summed E-state index contributed by atoms with van der Waals surface area (Å²) >= 11 is 0. The number of ether oxygens (including phenoxy) is 4. The quantitative estimate of drug-likeness (QED) is 0.468. The first-order valence-electron chi connectivity index (χ1n) is 10.7. The average molecular weight is 446 g/mol. The number of nitrogens with zero attached hydrogens (tertiary/aromatic N) is 1. The highest BCUT2D eigenvalue weighted by Crippen LogP contribution is 2.43. The van der Waals surface area contributed by atoms with Gasteiger partial charge in [0.15, 0.2) is 16.9 Å². The van der Waals surface area contributed by atoms with E-state index in [1.54, 1.807) is 39.6 Å². The van der Waals surface area contributed by atoms with Gasteiger partial charge in [0.25, 0.3) is 0 Å². The van der Waals surface area contributed by atoms with Gasteiger partial charge in [0, 0.05) is 38.0 Å².